The van der Waals surface area contributed by atoms with Crippen molar-refractivity contribution in [2.45, 2.75) is 39.0 Å². The molecule has 1 aromatic heterocycles. The van der Waals surface area contributed by atoms with Crippen LogP contribution in [-0.2, 0) is 16.4 Å². The zero-order chi connectivity index (χ0) is 26.5. The Bertz CT molecular complexity index is 1600. The fraction of sp³-hybridized carbons (Fsp3) is 0.276. The summed E-state index contributed by atoms with van der Waals surface area (Å²) >= 11 is 0. The summed E-state index contributed by atoms with van der Waals surface area (Å²) in [5, 5.41) is 5.00. The van der Waals surface area contributed by atoms with Crippen molar-refractivity contribution in [3.63, 3.8) is 0 Å². The van der Waals surface area contributed by atoms with Crippen molar-refractivity contribution in [3.8, 4) is 0 Å². The van der Waals surface area contributed by atoms with E-state index in [-0.39, 0.29) is 28.5 Å². The minimum atomic E-state index is -3.84. The van der Waals surface area contributed by atoms with Gasteiger partial charge in [-0.15, -0.1) is 0 Å². The molecule has 2 heterocycles. The van der Waals surface area contributed by atoms with E-state index in [1.54, 1.807) is 60.8 Å². The zero-order valence-corrected chi connectivity index (χ0v) is 22.1. The molecule has 0 bridgehead atoms. The van der Waals surface area contributed by atoms with Crippen LogP contribution in [0, 0.1) is 25.7 Å². The number of carbonyl (C=O) groups is 2. The van der Waals surface area contributed by atoms with Gasteiger partial charge in [-0.05, 0) is 73.6 Å². The standard InChI is InChI=1S/C29H29N3O4S/c1-18(2)22(17-31-28(33)24-7-5-6-8-25(24)29(31)34)15-21-11-14-27-26(20(21)4)16-30-32(27)37(35,36)23-12-9-19(3)10-13-23/h5-14,16,18,22H,15,17H2,1-4H3/t22-/m0/s1. The fourth-order valence-electron chi connectivity index (χ4n) is 4.92. The second-order valence-electron chi connectivity index (χ2n) is 10.1. The molecule has 0 fully saturated rings. The molecule has 0 saturated carbocycles. The summed E-state index contributed by atoms with van der Waals surface area (Å²) in [6, 6.07) is 17.4. The minimum Gasteiger partial charge on any atom is -0.274 e. The summed E-state index contributed by atoms with van der Waals surface area (Å²) in [5.74, 6) is -0.254. The topological polar surface area (TPSA) is 89.3 Å². The van der Waals surface area contributed by atoms with Crippen LogP contribution in [0.15, 0.2) is 71.8 Å². The molecule has 190 valence electrons. The maximum Gasteiger partial charge on any atom is 0.283 e. The molecule has 37 heavy (non-hydrogen) atoms. The second-order valence-corrected chi connectivity index (χ2v) is 11.8. The number of carbonyl (C=O) groups excluding carboxylic acids is 2. The van der Waals surface area contributed by atoms with Crippen molar-refractivity contribution in [2.75, 3.05) is 6.54 Å². The van der Waals surface area contributed by atoms with E-state index in [1.165, 1.54) is 4.90 Å². The van der Waals surface area contributed by atoms with E-state index in [0.29, 0.717) is 29.6 Å². The van der Waals surface area contributed by atoms with E-state index in [1.807, 2.05) is 19.9 Å². The van der Waals surface area contributed by atoms with E-state index >= 15 is 0 Å². The molecule has 0 radical (unpaired) electrons. The number of benzene rings is 3. The van der Waals surface area contributed by atoms with Gasteiger partial charge in [-0.3, -0.25) is 14.5 Å². The molecule has 3 aromatic carbocycles. The van der Waals surface area contributed by atoms with Crippen molar-refractivity contribution >= 4 is 32.7 Å². The summed E-state index contributed by atoms with van der Waals surface area (Å²) in [6.07, 6.45) is 2.23. The maximum absolute atomic E-state index is 13.3. The number of aryl methyl sites for hydroxylation is 2. The van der Waals surface area contributed by atoms with Gasteiger partial charge >= 0.3 is 0 Å². The van der Waals surface area contributed by atoms with Crippen LogP contribution in [0.4, 0.5) is 0 Å². The molecule has 4 aromatic rings. The van der Waals surface area contributed by atoms with Crippen molar-refractivity contribution in [2.24, 2.45) is 11.8 Å². The Labute approximate surface area is 216 Å². The van der Waals surface area contributed by atoms with Gasteiger partial charge in [0.05, 0.1) is 27.7 Å². The summed E-state index contributed by atoms with van der Waals surface area (Å²) in [7, 11) is -3.84. The Kier molecular flexibility index (Phi) is 6.23. The fourth-order valence-corrected chi connectivity index (χ4v) is 6.19. The van der Waals surface area contributed by atoms with Crippen LogP contribution >= 0.6 is 0 Å². The van der Waals surface area contributed by atoms with Gasteiger partial charge in [-0.1, -0.05) is 49.7 Å². The predicted octanol–water partition coefficient (Wildman–Crippen LogP) is 5.00. The first-order valence-corrected chi connectivity index (χ1v) is 13.8. The number of imide groups is 1. The highest BCUT2D eigenvalue weighted by Gasteiger charge is 2.37. The molecule has 0 spiro atoms. The first-order chi connectivity index (χ1) is 17.6. The van der Waals surface area contributed by atoms with Crippen LogP contribution in [-0.4, -0.2) is 40.9 Å². The molecule has 0 aliphatic carbocycles. The first kappa shape index (κ1) is 24.9. The Morgan fingerprint density at radius 1 is 0.865 bits per heavy atom. The van der Waals surface area contributed by atoms with Crippen LogP contribution in [0.3, 0.4) is 0 Å². The predicted molar refractivity (Wildman–Crippen MR) is 142 cm³/mol. The van der Waals surface area contributed by atoms with Crippen LogP contribution in [0.2, 0.25) is 0 Å². The number of aromatic nitrogens is 2. The van der Waals surface area contributed by atoms with Gasteiger partial charge in [-0.2, -0.15) is 17.6 Å². The summed E-state index contributed by atoms with van der Waals surface area (Å²) in [5.41, 5.74) is 4.38. The lowest BCUT2D eigenvalue weighted by molar-refractivity contribution is 0.0614. The first-order valence-electron chi connectivity index (χ1n) is 12.3. The molecule has 0 N–H and O–H groups in total. The second kappa shape index (κ2) is 9.27. The van der Waals surface area contributed by atoms with Gasteiger partial charge in [-0.25, -0.2) is 0 Å². The van der Waals surface area contributed by atoms with Crippen molar-refractivity contribution in [3.05, 3.63) is 94.7 Å². The number of amides is 2. The molecule has 0 unspecified atom stereocenters. The van der Waals surface area contributed by atoms with Crippen molar-refractivity contribution in [1.82, 2.24) is 14.1 Å². The summed E-state index contributed by atoms with van der Waals surface area (Å²) in [4.78, 5) is 27.4. The molecule has 1 aliphatic heterocycles. The van der Waals surface area contributed by atoms with Gasteiger partial charge in [0, 0.05) is 11.9 Å². The molecular weight excluding hydrogens is 486 g/mol. The number of rotatable bonds is 7. The van der Waals surface area contributed by atoms with Crippen LogP contribution in [0.5, 0.6) is 0 Å². The van der Waals surface area contributed by atoms with E-state index in [9.17, 15) is 18.0 Å². The van der Waals surface area contributed by atoms with Crippen LogP contribution in [0.25, 0.3) is 10.9 Å². The minimum absolute atomic E-state index is 0.0321. The van der Waals surface area contributed by atoms with Crippen LogP contribution in [0.1, 0.15) is 51.3 Å². The molecule has 7 nitrogen and oxygen atoms in total. The van der Waals surface area contributed by atoms with E-state index in [0.717, 1.165) is 26.2 Å². The number of fused-ring (bicyclic) bond motifs is 2. The van der Waals surface area contributed by atoms with Crippen LogP contribution < -0.4 is 0 Å². The summed E-state index contributed by atoms with van der Waals surface area (Å²) in [6.45, 7) is 8.36. The highest BCUT2D eigenvalue weighted by molar-refractivity contribution is 7.90. The normalized spacial score (nSPS) is 14.6. The number of nitrogens with zero attached hydrogens (tertiary/aromatic N) is 3. The Balaban J connectivity index is 1.44. The molecular formula is C29H29N3O4S. The van der Waals surface area contributed by atoms with Gasteiger partial charge in [0.25, 0.3) is 21.8 Å². The molecule has 8 heteroatoms. The Hall–Kier alpha value is -3.78. The van der Waals surface area contributed by atoms with Gasteiger partial charge < -0.3 is 0 Å². The third-order valence-electron chi connectivity index (χ3n) is 7.37. The molecule has 5 rings (SSSR count). The van der Waals surface area contributed by atoms with E-state index in [2.05, 4.69) is 18.9 Å². The van der Waals surface area contributed by atoms with E-state index in [4.69, 9.17) is 0 Å². The third-order valence-corrected chi connectivity index (χ3v) is 8.98. The van der Waals surface area contributed by atoms with Crippen molar-refractivity contribution in [1.29, 1.82) is 0 Å². The number of hydrogen-bond acceptors (Lipinski definition) is 5. The Morgan fingerprint density at radius 2 is 1.49 bits per heavy atom. The molecule has 0 saturated heterocycles. The lowest BCUT2D eigenvalue weighted by Gasteiger charge is -2.26. The average Bonchev–Trinajstić information content (AvgIpc) is 3.42. The molecule has 1 atom stereocenters. The molecule has 1 aliphatic rings. The monoisotopic (exact) mass is 515 g/mol. The molecule has 2 amide bonds. The SMILES string of the molecule is Cc1ccc(S(=O)(=O)n2ncc3c(C)c(C[C@@H](CN4C(=O)c5ccccc5C4=O)C(C)C)ccc32)cc1. The lowest BCUT2D eigenvalue weighted by Crippen LogP contribution is -2.37. The summed E-state index contributed by atoms with van der Waals surface area (Å²) < 4.78 is 27.6. The lowest BCUT2D eigenvalue weighted by atomic mass is 9.86. The van der Waals surface area contributed by atoms with E-state index < -0.39 is 10.0 Å². The van der Waals surface area contributed by atoms with Crippen molar-refractivity contribution < 1.29 is 18.0 Å². The van der Waals surface area contributed by atoms with Gasteiger partial charge in [0.2, 0.25) is 0 Å². The maximum atomic E-state index is 13.3. The smallest absolute Gasteiger partial charge is 0.274 e. The quantitative estimate of drug-likeness (QED) is 0.323. The zero-order valence-electron chi connectivity index (χ0n) is 21.3. The van der Waals surface area contributed by atoms with Gasteiger partial charge in [0.1, 0.15) is 0 Å². The highest BCUT2D eigenvalue weighted by Crippen LogP contribution is 2.30. The van der Waals surface area contributed by atoms with Gasteiger partial charge in [0.15, 0.2) is 0 Å². The Morgan fingerprint density at radius 3 is 2.08 bits per heavy atom. The number of hydrogen-bond donors (Lipinski definition) is 0. The largest absolute Gasteiger partial charge is 0.283 e. The highest BCUT2D eigenvalue weighted by atomic mass is 32.2. The average molecular weight is 516 g/mol. The third kappa shape index (κ3) is 4.25.